The molecule has 0 unspecified atom stereocenters. The molecule has 1 nitrogen and oxygen atoms in total. The van der Waals surface area contributed by atoms with Crippen LogP contribution in [-0.2, 0) is 4.79 Å². The molecule has 0 rings (SSSR count). The molecule has 0 aromatic heterocycles. The van der Waals surface area contributed by atoms with Crippen LogP contribution in [-0.4, -0.2) is 6.29 Å². The fraction of sp³-hybridized carbons (Fsp3) is 0.562. The maximum absolute atomic E-state index is 10.2. The molecule has 0 aromatic rings. The maximum Gasteiger partial charge on any atom is 0.142 e. The highest BCUT2D eigenvalue weighted by atomic mass is 16.1. The Morgan fingerprint density at radius 1 is 0.882 bits per heavy atom. The molecule has 96 valence electrons. The number of carbonyl (C=O) groups excluding carboxylic acids is 1. The number of hydrogen-bond donors (Lipinski definition) is 0. The molecule has 0 fully saturated rings. The predicted molar refractivity (Wildman–Crippen MR) is 76.1 cm³/mol. The molecule has 0 saturated carbocycles. The first-order valence-corrected chi connectivity index (χ1v) is 6.52. The molecule has 0 amide bonds. The third-order valence-corrected chi connectivity index (χ3v) is 2.97. The van der Waals surface area contributed by atoms with Gasteiger partial charge in [-0.15, -0.1) is 0 Å². The first-order valence-electron chi connectivity index (χ1n) is 6.52. The molecule has 0 bridgehead atoms. The molecule has 0 aliphatic heterocycles. The van der Waals surface area contributed by atoms with Crippen LogP contribution in [0, 0.1) is 0 Å². The summed E-state index contributed by atoms with van der Waals surface area (Å²) < 4.78 is 0. The van der Waals surface area contributed by atoms with Gasteiger partial charge in [-0.3, -0.25) is 4.79 Å². The van der Waals surface area contributed by atoms with E-state index in [2.05, 4.69) is 32.9 Å². The van der Waals surface area contributed by atoms with Crippen molar-refractivity contribution in [1.82, 2.24) is 0 Å². The highest BCUT2D eigenvalue weighted by Crippen LogP contribution is 2.11. The topological polar surface area (TPSA) is 17.1 Å². The predicted octanol–water partition coefficient (Wildman–Crippen LogP) is 4.99. The molecule has 0 atom stereocenters. The van der Waals surface area contributed by atoms with Gasteiger partial charge < -0.3 is 0 Å². The summed E-state index contributed by atoms with van der Waals surface area (Å²) >= 11 is 0. The van der Waals surface area contributed by atoms with Crippen molar-refractivity contribution in [3.63, 3.8) is 0 Å². The van der Waals surface area contributed by atoms with Gasteiger partial charge in [-0.25, -0.2) is 0 Å². The van der Waals surface area contributed by atoms with Gasteiger partial charge in [0.25, 0.3) is 0 Å². The minimum Gasteiger partial charge on any atom is -0.299 e. The Labute approximate surface area is 106 Å². The van der Waals surface area contributed by atoms with Crippen LogP contribution in [0.4, 0.5) is 0 Å². The van der Waals surface area contributed by atoms with Crippen LogP contribution < -0.4 is 0 Å². The van der Waals surface area contributed by atoms with Gasteiger partial charge in [0.15, 0.2) is 0 Å². The highest BCUT2D eigenvalue weighted by molar-refractivity contribution is 5.65. The van der Waals surface area contributed by atoms with Crippen molar-refractivity contribution in [2.24, 2.45) is 0 Å². The van der Waals surface area contributed by atoms with E-state index in [0.717, 1.165) is 44.0 Å². The molecule has 0 aromatic carbocycles. The van der Waals surface area contributed by atoms with E-state index in [4.69, 9.17) is 0 Å². The van der Waals surface area contributed by atoms with Crippen LogP contribution in [0.3, 0.4) is 0 Å². The largest absolute Gasteiger partial charge is 0.299 e. The van der Waals surface area contributed by atoms with E-state index in [1.54, 1.807) is 6.08 Å². The van der Waals surface area contributed by atoms with Crippen molar-refractivity contribution >= 4 is 6.29 Å². The summed E-state index contributed by atoms with van der Waals surface area (Å²) in [6.07, 6.45) is 12.6. The Hall–Kier alpha value is -1.11. The zero-order chi connectivity index (χ0) is 13.1. The summed E-state index contributed by atoms with van der Waals surface area (Å²) in [6.45, 7) is 8.57. The summed E-state index contributed by atoms with van der Waals surface area (Å²) in [5, 5.41) is 0. The lowest BCUT2D eigenvalue weighted by Crippen LogP contribution is -1.81. The maximum atomic E-state index is 10.2. The normalized spacial score (nSPS) is 14.0. The second kappa shape index (κ2) is 10.1. The van der Waals surface area contributed by atoms with E-state index in [-0.39, 0.29) is 0 Å². The Balaban J connectivity index is 3.87. The number of rotatable bonds is 8. The van der Waals surface area contributed by atoms with Gasteiger partial charge in [0.1, 0.15) is 6.29 Å². The number of allylic oxidation sites excluding steroid dienone is 6. The Kier molecular flexibility index (Phi) is 9.41. The number of carbonyl (C=O) groups is 1. The molecule has 0 heterocycles. The molecule has 1 heteroatoms. The average molecular weight is 234 g/mol. The Bertz CT molecular complexity index is 305. The second-order valence-electron chi connectivity index (χ2n) is 4.68. The second-order valence-corrected chi connectivity index (χ2v) is 4.68. The van der Waals surface area contributed by atoms with Gasteiger partial charge in [0.05, 0.1) is 0 Å². The minimum absolute atomic E-state index is 0.865. The molecule has 0 aliphatic rings. The van der Waals surface area contributed by atoms with E-state index < -0.39 is 0 Å². The van der Waals surface area contributed by atoms with Crippen LogP contribution in [0.2, 0.25) is 0 Å². The van der Waals surface area contributed by atoms with Crippen molar-refractivity contribution in [3.05, 3.63) is 34.9 Å². The number of aldehydes is 1. The van der Waals surface area contributed by atoms with E-state index in [1.807, 2.05) is 6.92 Å². The van der Waals surface area contributed by atoms with Gasteiger partial charge >= 0.3 is 0 Å². The smallest absolute Gasteiger partial charge is 0.142 e. The molecule has 0 spiro atoms. The molecule has 0 radical (unpaired) electrons. The van der Waals surface area contributed by atoms with Crippen LogP contribution in [0.1, 0.15) is 59.8 Å². The van der Waals surface area contributed by atoms with Crippen molar-refractivity contribution in [2.75, 3.05) is 0 Å². The average Bonchev–Trinajstić information content (AvgIpc) is 2.29. The molecule has 17 heavy (non-hydrogen) atoms. The standard InChI is InChI=1S/C16H26O/c1-5-14(2)8-6-9-15(3)10-7-11-16(4)12-13-17/h8,10,12-13H,5-7,9,11H2,1-4H3. The molecule has 0 aliphatic carbocycles. The zero-order valence-electron chi connectivity index (χ0n) is 11.8. The third-order valence-electron chi connectivity index (χ3n) is 2.97. The van der Waals surface area contributed by atoms with Gasteiger partial charge in [-0.2, -0.15) is 0 Å². The SMILES string of the molecule is CCC(C)=CCCC(C)=CCCC(C)=CC=O. The lowest BCUT2D eigenvalue weighted by molar-refractivity contribution is -0.104. The van der Waals surface area contributed by atoms with Gasteiger partial charge in [-0.1, -0.05) is 35.8 Å². The first-order chi connectivity index (χ1) is 8.10. The lowest BCUT2D eigenvalue weighted by Gasteiger charge is -2.01. The summed E-state index contributed by atoms with van der Waals surface area (Å²) in [4.78, 5) is 10.2. The summed E-state index contributed by atoms with van der Waals surface area (Å²) in [5.41, 5.74) is 4.08. The fourth-order valence-electron chi connectivity index (χ4n) is 1.54. The van der Waals surface area contributed by atoms with E-state index >= 15 is 0 Å². The van der Waals surface area contributed by atoms with E-state index in [0.29, 0.717) is 0 Å². The van der Waals surface area contributed by atoms with Gasteiger partial charge in [0.2, 0.25) is 0 Å². The third kappa shape index (κ3) is 9.80. The quantitative estimate of drug-likeness (QED) is 0.328. The zero-order valence-corrected chi connectivity index (χ0v) is 11.8. The van der Waals surface area contributed by atoms with Crippen molar-refractivity contribution < 1.29 is 4.79 Å². The van der Waals surface area contributed by atoms with Gasteiger partial charge in [0, 0.05) is 0 Å². The van der Waals surface area contributed by atoms with Crippen LogP contribution in [0.5, 0.6) is 0 Å². The van der Waals surface area contributed by atoms with Crippen molar-refractivity contribution in [2.45, 2.75) is 59.8 Å². The van der Waals surface area contributed by atoms with Crippen LogP contribution >= 0.6 is 0 Å². The fourth-order valence-corrected chi connectivity index (χ4v) is 1.54. The molecule has 0 saturated heterocycles. The monoisotopic (exact) mass is 234 g/mol. The highest BCUT2D eigenvalue weighted by Gasteiger charge is 1.91. The molecule has 0 N–H and O–H groups in total. The van der Waals surface area contributed by atoms with Gasteiger partial charge in [-0.05, 0) is 59.0 Å². The lowest BCUT2D eigenvalue weighted by atomic mass is 10.1. The summed E-state index contributed by atoms with van der Waals surface area (Å²) in [7, 11) is 0. The van der Waals surface area contributed by atoms with Crippen molar-refractivity contribution in [1.29, 1.82) is 0 Å². The summed E-state index contributed by atoms with van der Waals surface area (Å²) in [5.74, 6) is 0. The van der Waals surface area contributed by atoms with E-state index in [1.165, 1.54) is 11.1 Å². The van der Waals surface area contributed by atoms with Crippen molar-refractivity contribution in [3.8, 4) is 0 Å². The number of hydrogen-bond acceptors (Lipinski definition) is 1. The molecular weight excluding hydrogens is 208 g/mol. The minimum atomic E-state index is 0.865. The Morgan fingerprint density at radius 2 is 1.41 bits per heavy atom. The summed E-state index contributed by atoms with van der Waals surface area (Å²) in [6, 6.07) is 0. The first kappa shape index (κ1) is 15.9. The Morgan fingerprint density at radius 3 is 1.94 bits per heavy atom. The van der Waals surface area contributed by atoms with Crippen LogP contribution in [0.15, 0.2) is 34.9 Å². The van der Waals surface area contributed by atoms with Crippen LogP contribution in [0.25, 0.3) is 0 Å². The van der Waals surface area contributed by atoms with E-state index in [9.17, 15) is 4.79 Å². The molecular formula is C16H26O.